The summed E-state index contributed by atoms with van der Waals surface area (Å²) in [4.78, 5) is 38.5. The second kappa shape index (κ2) is 7.92. The fraction of sp³-hybridized carbons (Fsp3) is 0.278. The summed E-state index contributed by atoms with van der Waals surface area (Å²) in [5.41, 5.74) is 1.93. The molecule has 1 aromatic carbocycles. The number of rotatable bonds is 5. The quantitative estimate of drug-likeness (QED) is 0.795. The Bertz CT molecular complexity index is 836. The van der Waals surface area contributed by atoms with E-state index in [0.29, 0.717) is 17.8 Å². The second-order valence-corrected chi connectivity index (χ2v) is 8.08. The van der Waals surface area contributed by atoms with Crippen LogP contribution in [0.2, 0.25) is 0 Å². The summed E-state index contributed by atoms with van der Waals surface area (Å²) in [6.07, 6.45) is 0. The third-order valence-electron chi connectivity index (χ3n) is 3.90. The van der Waals surface area contributed by atoms with Gasteiger partial charge in [-0.2, -0.15) is 11.3 Å². The first-order valence-electron chi connectivity index (χ1n) is 7.98. The van der Waals surface area contributed by atoms with Crippen molar-refractivity contribution >= 4 is 46.6 Å². The normalized spacial score (nSPS) is 15.8. The number of hydrogen-bond donors (Lipinski definition) is 1. The molecule has 0 saturated carbocycles. The molecule has 2 aromatic rings. The van der Waals surface area contributed by atoms with E-state index in [0.717, 1.165) is 10.5 Å². The topological polar surface area (TPSA) is 75.7 Å². The van der Waals surface area contributed by atoms with Crippen molar-refractivity contribution in [2.45, 2.75) is 23.6 Å². The third-order valence-corrected chi connectivity index (χ3v) is 5.81. The average molecular weight is 390 g/mol. The molecule has 6 nitrogen and oxygen atoms in total. The minimum Gasteiger partial charge on any atom is -0.452 e. The van der Waals surface area contributed by atoms with E-state index in [4.69, 9.17) is 4.74 Å². The number of ether oxygens (including phenoxy) is 1. The van der Waals surface area contributed by atoms with Crippen molar-refractivity contribution in [3.05, 3.63) is 46.2 Å². The molecule has 136 valence electrons. The van der Waals surface area contributed by atoms with Crippen molar-refractivity contribution in [2.75, 3.05) is 19.0 Å². The van der Waals surface area contributed by atoms with Crippen LogP contribution >= 0.6 is 23.1 Å². The maximum absolute atomic E-state index is 12.2. The largest absolute Gasteiger partial charge is 0.452 e. The zero-order valence-electron chi connectivity index (χ0n) is 14.4. The van der Waals surface area contributed by atoms with Gasteiger partial charge in [-0.3, -0.25) is 9.59 Å². The highest BCUT2D eigenvalue weighted by molar-refractivity contribution is 8.00. The van der Waals surface area contributed by atoms with Crippen LogP contribution in [-0.4, -0.2) is 41.6 Å². The predicted molar refractivity (Wildman–Crippen MR) is 101 cm³/mol. The van der Waals surface area contributed by atoms with Crippen LogP contribution in [-0.2, 0) is 20.9 Å². The summed E-state index contributed by atoms with van der Waals surface area (Å²) in [5.74, 6) is -0.971. The van der Waals surface area contributed by atoms with Crippen LogP contribution in [0, 0.1) is 0 Å². The van der Waals surface area contributed by atoms with E-state index in [1.54, 1.807) is 36.6 Å². The number of anilines is 1. The van der Waals surface area contributed by atoms with Gasteiger partial charge in [-0.15, -0.1) is 11.8 Å². The highest BCUT2D eigenvalue weighted by Gasteiger charge is 2.24. The third kappa shape index (κ3) is 4.25. The lowest BCUT2D eigenvalue weighted by atomic mass is 10.2. The maximum Gasteiger partial charge on any atom is 0.338 e. The van der Waals surface area contributed by atoms with E-state index in [9.17, 15) is 14.4 Å². The molecule has 8 heteroatoms. The van der Waals surface area contributed by atoms with Gasteiger partial charge in [0.1, 0.15) is 0 Å². The molecule has 1 aliphatic heterocycles. The molecule has 0 spiro atoms. The van der Waals surface area contributed by atoms with E-state index >= 15 is 0 Å². The number of thiophene rings is 1. The first-order valence-corrected chi connectivity index (χ1v) is 9.80. The molecule has 0 bridgehead atoms. The van der Waals surface area contributed by atoms with Gasteiger partial charge in [0.05, 0.1) is 16.5 Å². The summed E-state index contributed by atoms with van der Waals surface area (Å²) >= 11 is 3.01. The van der Waals surface area contributed by atoms with Crippen molar-refractivity contribution < 1.29 is 19.1 Å². The molecule has 1 aromatic heterocycles. The molecule has 0 fully saturated rings. The minimum atomic E-state index is -0.594. The lowest BCUT2D eigenvalue weighted by Gasteiger charge is -2.21. The molecule has 3 rings (SSSR count). The average Bonchev–Trinajstić information content (AvgIpc) is 3.12. The Balaban J connectivity index is 1.57. The molecule has 2 heterocycles. The van der Waals surface area contributed by atoms with E-state index in [2.05, 4.69) is 5.32 Å². The van der Waals surface area contributed by atoms with Crippen LogP contribution < -0.4 is 5.32 Å². The van der Waals surface area contributed by atoms with Crippen LogP contribution in [0.1, 0.15) is 22.8 Å². The van der Waals surface area contributed by atoms with Gasteiger partial charge in [0, 0.05) is 18.5 Å². The minimum absolute atomic E-state index is 0.0988. The molecule has 2 amide bonds. The van der Waals surface area contributed by atoms with Crippen LogP contribution in [0.25, 0.3) is 0 Å². The monoisotopic (exact) mass is 390 g/mol. The number of likely N-dealkylation sites (N-methyl/N-ethyl adjacent to an activating group) is 1. The molecule has 0 saturated heterocycles. The first-order chi connectivity index (χ1) is 12.4. The smallest absolute Gasteiger partial charge is 0.338 e. The van der Waals surface area contributed by atoms with E-state index in [1.165, 1.54) is 16.7 Å². The van der Waals surface area contributed by atoms with E-state index < -0.39 is 5.97 Å². The fourth-order valence-electron chi connectivity index (χ4n) is 2.40. The number of benzene rings is 1. The number of nitrogens with one attached hydrogen (secondary N) is 1. The van der Waals surface area contributed by atoms with Crippen LogP contribution in [0.15, 0.2) is 39.9 Å². The second-order valence-electron chi connectivity index (χ2n) is 5.92. The molecule has 1 unspecified atom stereocenters. The molecule has 0 aliphatic carbocycles. The van der Waals surface area contributed by atoms with Crippen molar-refractivity contribution in [1.82, 2.24) is 4.90 Å². The first kappa shape index (κ1) is 18.5. The number of amides is 2. The van der Waals surface area contributed by atoms with E-state index in [-0.39, 0.29) is 23.7 Å². The zero-order chi connectivity index (χ0) is 18.7. The number of carbonyl (C=O) groups excluding carboxylic acids is 3. The Hall–Kier alpha value is -2.32. The number of nitrogens with zero attached hydrogens (tertiary/aromatic N) is 1. The summed E-state index contributed by atoms with van der Waals surface area (Å²) in [5, 5.41) is 6.52. The van der Waals surface area contributed by atoms with Crippen molar-refractivity contribution in [1.29, 1.82) is 0 Å². The summed E-state index contributed by atoms with van der Waals surface area (Å²) < 4.78 is 5.12. The molecule has 0 radical (unpaired) electrons. The van der Waals surface area contributed by atoms with Gasteiger partial charge in [-0.05, 0) is 47.5 Å². The molecular weight excluding hydrogens is 372 g/mol. The summed E-state index contributed by atoms with van der Waals surface area (Å²) in [7, 11) is 1.67. The lowest BCUT2D eigenvalue weighted by Crippen LogP contribution is -2.30. The molecule has 1 aliphatic rings. The van der Waals surface area contributed by atoms with Crippen molar-refractivity contribution in [3.63, 3.8) is 0 Å². The lowest BCUT2D eigenvalue weighted by molar-refractivity contribution is -0.133. The van der Waals surface area contributed by atoms with Crippen LogP contribution in [0.3, 0.4) is 0 Å². The van der Waals surface area contributed by atoms with Crippen LogP contribution in [0.4, 0.5) is 5.69 Å². The van der Waals surface area contributed by atoms with Gasteiger partial charge >= 0.3 is 5.97 Å². The van der Waals surface area contributed by atoms with Gasteiger partial charge in [-0.25, -0.2) is 4.79 Å². The number of hydrogen-bond acceptors (Lipinski definition) is 6. The predicted octanol–water partition coefficient (Wildman–Crippen LogP) is 3.00. The summed E-state index contributed by atoms with van der Waals surface area (Å²) in [6, 6.07) is 6.93. The van der Waals surface area contributed by atoms with Crippen molar-refractivity contribution in [2.24, 2.45) is 0 Å². The van der Waals surface area contributed by atoms with Gasteiger partial charge in [0.2, 0.25) is 5.91 Å². The SMILES string of the molecule is CC1Sc2ccc(C(=O)OCC(=O)N(C)Cc3ccsc3)cc2NC1=O. The summed E-state index contributed by atoms with van der Waals surface area (Å²) in [6.45, 7) is 1.97. The van der Waals surface area contributed by atoms with Crippen LogP contribution in [0.5, 0.6) is 0 Å². The molecule has 26 heavy (non-hydrogen) atoms. The fourth-order valence-corrected chi connectivity index (χ4v) is 3.99. The molecule has 1 N–H and O–H groups in total. The van der Waals surface area contributed by atoms with Crippen molar-refractivity contribution in [3.8, 4) is 0 Å². The number of carbonyl (C=O) groups is 3. The number of esters is 1. The van der Waals surface area contributed by atoms with Gasteiger partial charge in [0.15, 0.2) is 6.61 Å². The number of thioether (sulfide) groups is 1. The Morgan fingerprint density at radius 1 is 1.31 bits per heavy atom. The molecule has 1 atom stereocenters. The molecular formula is C18H18N2O4S2. The van der Waals surface area contributed by atoms with Gasteiger partial charge < -0.3 is 15.0 Å². The Morgan fingerprint density at radius 3 is 2.85 bits per heavy atom. The van der Waals surface area contributed by atoms with E-state index in [1.807, 2.05) is 23.8 Å². The highest BCUT2D eigenvalue weighted by Crippen LogP contribution is 2.36. The zero-order valence-corrected chi connectivity index (χ0v) is 16.0. The van der Waals surface area contributed by atoms with Gasteiger partial charge in [-0.1, -0.05) is 0 Å². The highest BCUT2D eigenvalue weighted by atomic mass is 32.2. The van der Waals surface area contributed by atoms with Gasteiger partial charge in [0.25, 0.3) is 5.91 Å². The number of fused-ring (bicyclic) bond motifs is 1. The Kier molecular flexibility index (Phi) is 5.63. The Morgan fingerprint density at radius 2 is 2.12 bits per heavy atom. The Labute approximate surface area is 159 Å². The maximum atomic E-state index is 12.2. The standard InChI is InChI=1S/C18H18N2O4S2/c1-11-17(22)19-14-7-13(3-4-15(14)26-11)18(23)24-9-16(21)20(2)8-12-5-6-25-10-12/h3-7,10-11H,8-9H2,1-2H3,(H,19,22).